The van der Waals surface area contributed by atoms with E-state index >= 15 is 0 Å². The van der Waals surface area contributed by atoms with E-state index in [4.69, 9.17) is 4.42 Å². The normalized spacial score (nSPS) is 42.2. The zero-order valence-electron chi connectivity index (χ0n) is 19.3. The Morgan fingerprint density at radius 1 is 1.16 bits per heavy atom. The molecule has 168 valence electrons. The molecule has 3 fully saturated rings. The van der Waals surface area contributed by atoms with E-state index < -0.39 is 0 Å². The fourth-order valence-electron chi connectivity index (χ4n) is 8.07. The van der Waals surface area contributed by atoms with Crippen LogP contribution in [0, 0.1) is 28.6 Å². The van der Waals surface area contributed by atoms with E-state index in [0.29, 0.717) is 17.8 Å². The molecule has 4 aliphatic rings. The Bertz CT molecular complexity index is 1110. The molecule has 0 spiro atoms. The third-order valence-electron chi connectivity index (χ3n) is 9.69. The number of rotatable bonds is 1. The average Bonchev–Trinajstić information content (AvgIpc) is 3.31. The summed E-state index contributed by atoms with van der Waals surface area (Å²) in [6, 6.07) is 10.3. The molecule has 6 rings (SSSR count). The molecule has 1 aromatic carbocycles. The Balaban J connectivity index is 1.48. The van der Waals surface area contributed by atoms with Gasteiger partial charge in [-0.2, -0.15) is 0 Å². The van der Waals surface area contributed by atoms with Crippen LogP contribution in [-0.2, 0) is 4.79 Å². The van der Waals surface area contributed by atoms with Crippen LogP contribution < -0.4 is 0 Å². The average molecular weight is 432 g/mol. The zero-order valence-corrected chi connectivity index (χ0v) is 19.3. The number of benzene rings is 1. The van der Waals surface area contributed by atoms with E-state index in [1.54, 1.807) is 6.08 Å². The summed E-state index contributed by atoms with van der Waals surface area (Å²) >= 11 is 0. The number of para-hydroxylation sites is 1. The lowest BCUT2D eigenvalue weighted by Gasteiger charge is -2.60. The van der Waals surface area contributed by atoms with Crippen LogP contribution in [-0.4, -0.2) is 35.1 Å². The lowest BCUT2D eigenvalue weighted by Crippen LogP contribution is -2.60. The van der Waals surface area contributed by atoms with Gasteiger partial charge in [0.2, 0.25) is 5.91 Å². The van der Waals surface area contributed by atoms with Gasteiger partial charge >= 0.3 is 0 Å². The maximum absolute atomic E-state index is 12.7. The first-order chi connectivity index (χ1) is 15.3. The smallest absolute Gasteiger partial charge is 0.246 e. The fraction of sp³-hybridized carbons (Fsp3) is 0.536. The van der Waals surface area contributed by atoms with E-state index in [1.807, 2.05) is 30.1 Å². The summed E-state index contributed by atoms with van der Waals surface area (Å²) in [5, 5.41) is 11.9. The number of hydrogen-bond donors (Lipinski definition) is 1. The molecular weight excluding hydrogens is 398 g/mol. The molecule has 4 heteroatoms. The molecule has 3 saturated carbocycles. The van der Waals surface area contributed by atoms with Crippen LogP contribution in [0.3, 0.4) is 0 Å². The van der Waals surface area contributed by atoms with E-state index in [-0.39, 0.29) is 28.9 Å². The highest BCUT2D eigenvalue weighted by Crippen LogP contribution is 2.64. The van der Waals surface area contributed by atoms with Gasteiger partial charge in [-0.3, -0.25) is 4.79 Å². The second kappa shape index (κ2) is 6.84. The van der Waals surface area contributed by atoms with Crippen LogP contribution in [0.2, 0.25) is 0 Å². The van der Waals surface area contributed by atoms with E-state index in [0.717, 1.165) is 48.8 Å². The van der Waals surface area contributed by atoms with Gasteiger partial charge in [0, 0.05) is 17.8 Å². The second-order valence-corrected chi connectivity index (χ2v) is 11.2. The molecule has 0 radical (unpaired) electrons. The predicted molar refractivity (Wildman–Crippen MR) is 126 cm³/mol. The van der Waals surface area contributed by atoms with Crippen LogP contribution in [0.15, 0.2) is 52.5 Å². The molecule has 1 amide bonds. The van der Waals surface area contributed by atoms with Gasteiger partial charge < -0.3 is 14.4 Å². The molecule has 3 aliphatic carbocycles. The van der Waals surface area contributed by atoms with E-state index in [2.05, 4.69) is 38.1 Å². The molecular formula is C28H33NO3. The first kappa shape index (κ1) is 20.3. The van der Waals surface area contributed by atoms with Crippen molar-refractivity contribution in [3.63, 3.8) is 0 Å². The maximum atomic E-state index is 12.7. The van der Waals surface area contributed by atoms with Gasteiger partial charge in [-0.05, 0) is 85.1 Å². The van der Waals surface area contributed by atoms with Crippen molar-refractivity contribution in [2.75, 3.05) is 7.05 Å². The Morgan fingerprint density at radius 3 is 2.78 bits per heavy atom. The number of carbonyl (C=O) groups excluding carboxylic acids is 1. The second-order valence-electron chi connectivity index (χ2n) is 11.2. The fourth-order valence-corrected chi connectivity index (χ4v) is 8.07. The van der Waals surface area contributed by atoms with Crippen molar-refractivity contribution >= 4 is 23.0 Å². The summed E-state index contributed by atoms with van der Waals surface area (Å²) in [6.07, 6.45) is 11.2. The summed E-state index contributed by atoms with van der Waals surface area (Å²) in [5.41, 5.74) is 2.11. The molecule has 1 aliphatic heterocycles. The van der Waals surface area contributed by atoms with Gasteiger partial charge in [-0.1, -0.05) is 38.1 Å². The number of hydrogen-bond acceptors (Lipinski definition) is 3. The lowest BCUT2D eigenvalue weighted by atomic mass is 9.47. The minimum absolute atomic E-state index is 0.0228. The third kappa shape index (κ3) is 2.68. The van der Waals surface area contributed by atoms with Crippen molar-refractivity contribution in [3.8, 4) is 0 Å². The number of nitrogens with zero attached hydrogens (tertiary/aromatic N) is 1. The molecule has 0 unspecified atom stereocenters. The molecule has 2 heterocycles. The number of furan rings is 1. The Kier molecular flexibility index (Phi) is 4.33. The largest absolute Gasteiger partial charge is 0.457 e. The Morgan fingerprint density at radius 2 is 1.97 bits per heavy atom. The van der Waals surface area contributed by atoms with Crippen molar-refractivity contribution in [1.82, 2.24) is 4.90 Å². The Hall–Kier alpha value is -2.33. The summed E-state index contributed by atoms with van der Waals surface area (Å²) in [6.45, 7) is 4.67. The first-order valence-corrected chi connectivity index (χ1v) is 12.1. The standard InChI is InChI=1S/C28H33NO3/c1-27-12-10-22-20(21(27)8-9-24(27)30)16-18(26-28(22,2)13-11-25(31)29(26)3)15-19-14-17-6-4-5-7-23(17)32-19/h4-7,11,13-15,20-22,24,26,30H,8-10,12,16H2,1-3H3/b18-15+/t20-,21-,22-,24-,26+,27-,28+/m0/s1. The molecule has 32 heavy (non-hydrogen) atoms. The van der Waals surface area contributed by atoms with Gasteiger partial charge in [-0.25, -0.2) is 0 Å². The number of carbonyl (C=O) groups is 1. The first-order valence-electron chi connectivity index (χ1n) is 12.1. The van der Waals surface area contributed by atoms with Gasteiger partial charge in [0.05, 0.1) is 12.1 Å². The van der Waals surface area contributed by atoms with Gasteiger partial charge in [0.15, 0.2) is 0 Å². The summed E-state index contributed by atoms with van der Waals surface area (Å²) in [5.74, 6) is 2.52. The predicted octanol–water partition coefficient (Wildman–Crippen LogP) is 5.43. The highest BCUT2D eigenvalue weighted by molar-refractivity contribution is 5.90. The highest BCUT2D eigenvalue weighted by atomic mass is 16.3. The molecule has 7 atom stereocenters. The van der Waals surface area contributed by atoms with Crippen LogP contribution in [0.4, 0.5) is 0 Å². The molecule has 0 bridgehead atoms. The Labute approximate surface area is 190 Å². The highest BCUT2D eigenvalue weighted by Gasteiger charge is 2.61. The number of likely N-dealkylation sites (N-methyl/N-ethyl adjacent to an activating group) is 1. The molecule has 4 nitrogen and oxygen atoms in total. The van der Waals surface area contributed by atoms with Crippen LogP contribution >= 0.6 is 0 Å². The van der Waals surface area contributed by atoms with Gasteiger partial charge in [0.1, 0.15) is 11.3 Å². The quantitative estimate of drug-likeness (QED) is 0.655. The van der Waals surface area contributed by atoms with Crippen molar-refractivity contribution in [2.24, 2.45) is 28.6 Å². The SMILES string of the molecule is CN1C(=O)C=C[C@]2(C)[C@H]3CC[C@]4(C)[C@@H](O)CC[C@H]4[C@@H]3C/C(=C\c3cc4ccccc4o3)[C@@H]12. The summed E-state index contributed by atoms with van der Waals surface area (Å²) in [4.78, 5) is 14.7. The molecule has 1 N–H and O–H groups in total. The van der Waals surface area contributed by atoms with Crippen molar-refractivity contribution in [2.45, 2.75) is 58.1 Å². The van der Waals surface area contributed by atoms with Crippen molar-refractivity contribution in [1.29, 1.82) is 0 Å². The summed E-state index contributed by atoms with van der Waals surface area (Å²) in [7, 11) is 1.95. The van der Waals surface area contributed by atoms with Crippen LogP contribution in [0.1, 0.15) is 51.7 Å². The van der Waals surface area contributed by atoms with Gasteiger partial charge in [-0.15, -0.1) is 0 Å². The molecule has 2 aromatic rings. The molecule has 1 aromatic heterocycles. The minimum atomic E-state index is -0.187. The minimum Gasteiger partial charge on any atom is -0.457 e. The van der Waals surface area contributed by atoms with E-state index in [9.17, 15) is 9.90 Å². The van der Waals surface area contributed by atoms with Crippen LogP contribution in [0.25, 0.3) is 17.0 Å². The zero-order chi connectivity index (χ0) is 22.3. The number of aliphatic hydroxyl groups excluding tert-OH is 1. The number of aliphatic hydroxyl groups is 1. The lowest BCUT2D eigenvalue weighted by molar-refractivity contribution is -0.135. The number of fused-ring (bicyclic) bond motifs is 6. The van der Waals surface area contributed by atoms with Gasteiger partial charge in [0.25, 0.3) is 0 Å². The monoisotopic (exact) mass is 431 g/mol. The summed E-state index contributed by atoms with van der Waals surface area (Å²) < 4.78 is 6.17. The third-order valence-corrected chi connectivity index (χ3v) is 9.69. The molecule has 0 saturated heterocycles. The van der Waals surface area contributed by atoms with Crippen LogP contribution in [0.5, 0.6) is 0 Å². The number of amides is 1. The maximum Gasteiger partial charge on any atom is 0.246 e. The van der Waals surface area contributed by atoms with E-state index in [1.165, 1.54) is 5.57 Å². The van der Waals surface area contributed by atoms with Crippen molar-refractivity contribution in [3.05, 3.63) is 53.8 Å². The van der Waals surface area contributed by atoms with Crippen molar-refractivity contribution < 1.29 is 14.3 Å². The topological polar surface area (TPSA) is 53.7 Å².